The maximum Gasteiger partial charge on any atom is 0.238 e. The molecule has 0 radical (unpaired) electrons. The molecule has 1 saturated carbocycles. The number of para-hydroxylation sites is 2. The van der Waals surface area contributed by atoms with E-state index in [0.29, 0.717) is 25.1 Å². The van der Waals surface area contributed by atoms with Gasteiger partial charge in [-0.25, -0.2) is 15.0 Å². The lowest BCUT2D eigenvalue weighted by Gasteiger charge is -2.31. The predicted molar refractivity (Wildman–Crippen MR) is 152 cm³/mol. The molecule has 10 nitrogen and oxygen atoms in total. The standard InChI is InChI=1S/C30H35N7O3/c1-20(38)35-13-9-21(10-14-35)19-22-7-8-24-26(31-22)27(36-15-17-40-18-16-36)34-29(33-24)37-25-6-4-3-5-23(25)32-28(37)30(39-2)11-12-30/h3-8,21H,9-19H2,1-2H3. The summed E-state index contributed by atoms with van der Waals surface area (Å²) in [6.45, 7) is 6.11. The van der Waals surface area contributed by atoms with Crippen molar-refractivity contribution in [3.63, 3.8) is 0 Å². The lowest BCUT2D eigenvalue weighted by molar-refractivity contribution is -0.130. The van der Waals surface area contributed by atoms with Crippen molar-refractivity contribution in [2.24, 2.45) is 5.92 Å². The first-order chi connectivity index (χ1) is 19.5. The molecule has 2 saturated heterocycles. The fourth-order valence-corrected chi connectivity index (χ4v) is 6.15. The van der Waals surface area contributed by atoms with Crippen LogP contribution >= 0.6 is 0 Å². The van der Waals surface area contributed by atoms with E-state index in [-0.39, 0.29) is 5.91 Å². The van der Waals surface area contributed by atoms with Gasteiger partial charge in [0.05, 0.1) is 29.8 Å². The Morgan fingerprint density at radius 1 is 0.975 bits per heavy atom. The number of anilines is 1. The van der Waals surface area contributed by atoms with Crippen LogP contribution in [0.1, 0.15) is 44.1 Å². The third-order valence-corrected chi connectivity index (χ3v) is 8.70. The van der Waals surface area contributed by atoms with Gasteiger partial charge in [-0.1, -0.05) is 12.1 Å². The Morgan fingerprint density at radius 2 is 1.75 bits per heavy atom. The number of aromatic nitrogens is 5. The molecule has 4 aromatic rings. The number of ether oxygens (including phenoxy) is 2. The fourth-order valence-electron chi connectivity index (χ4n) is 6.15. The maximum absolute atomic E-state index is 11.8. The number of pyridine rings is 1. The fraction of sp³-hybridized carbons (Fsp3) is 0.500. The van der Waals surface area contributed by atoms with Crippen LogP contribution in [0.2, 0.25) is 0 Å². The molecule has 0 atom stereocenters. The Bertz CT molecular complexity index is 1570. The number of morpholine rings is 1. The van der Waals surface area contributed by atoms with Crippen LogP contribution in [-0.2, 0) is 26.3 Å². The van der Waals surface area contributed by atoms with Gasteiger partial charge in [0.2, 0.25) is 11.9 Å². The summed E-state index contributed by atoms with van der Waals surface area (Å²) in [6, 6.07) is 12.3. The van der Waals surface area contributed by atoms with E-state index in [1.54, 1.807) is 14.0 Å². The Labute approximate surface area is 233 Å². The van der Waals surface area contributed by atoms with Gasteiger partial charge in [0.1, 0.15) is 16.9 Å². The Kier molecular flexibility index (Phi) is 6.39. The maximum atomic E-state index is 11.8. The molecule has 1 aromatic carbocycles. The van der Waals surface area contributed by atoms with E-state index in [1.807, 2.05) is 23.1 Å². The minimum atomic E-state index is -0.406. The Balaban J connectivity index is 1.31. The smallest absolute Gasteiger partial charge is 0.238 e. The monoisotopic (exact) mass is 541 g/mol. The number of fused-ring (bicyclic) bond motifs is 2. The number of rotatable bonds is 6. The second-order valence-corrected chi connectivity index (χ2v) is 11.2. The lowest BCUT2D eigenvalue weighted by atomic mass is 9.92. The van der Waals surface area contributed by atoms with Crippen molar-refractivity contribution in [3.05, 3.63) is 47.9 Å². The highest BCUT2D eigenvalue weighted by atomic mass is 16.5. The molecule has 0 N–H and O–H groups in total. The molecule has 5 heterocycles. The summed E-state index contributed by atoms with van der Waals surface area (Å²) in [7, 11) is 1.76. The number of nitrogens with zero attached hydrogens (tertiary/aromatic N) is 7. The molecule has 1 amide bonds. The number of hydrogen-bond acceptors (Lipinski definition) is 8. The number of carbonyl (C=O) groups excluding carboxylic acids is 1. The van der Waals surface area contributed by atoms with E-state index < -0.39 is 5.60 Å². The molecule has 7 rings (SSSR count). The van der Waals surface area contributed by atoms with E-state index in [1.165, 1.54) is 0 Å². The van der Waals surface area contributed by atoms with Crippen molar-refractivity contribution in [2.45, 2.75) is 44.6 Å². The van der Waals surface area contributed by atoms with Crippen LogP contribution in [0.5, 0.6) is 0 Å². The van der Waals surface area contributed by atoms with Crippen molar-refractivity contribution >= 4 is 33.8 Å². The summed E-state index contributed by atoms with van der Waals surface area (Å²) in [4.78, 5) is 36.4. The van der Waals surface area contributed by atoms with Crippen LogP contribution < -0.4 is 4.90 Å². The van der Waals surface area contributed by atoms with Gasteiger partial charge < -0.3 is 19.3 Å². The molecular weight excluding hydrogens is 506 g/mol. The number of imidazole rings is 1. The zero-order chi connectivity index (χ0) is 27.3. The minimum absolute atomic E-state index is 0.164. The summed E-state index contributed by atoms with van der Waals surface area (Å²) < 4.78 is 13.7. The highest BCUT2D eigenvalue weighted by molar-refractivity contribution is 5.87. The van der Waals surface area contributed by atoms with E-state index in [2.05, 4.69) is 27.7 Å². The number of likely N-dealkylation sites (tertiary alicyclic amines) is 1. The summed E-state index contributed by atoms with van der Waals surface area (Å²) in [6.07, 6.45) is 4.74. The van der Waals surface area contributed by atoms with Crippen LogP contribution in [0, 0.1) is 5.92 Å². The van der Waals surface area contributed by atoms with Crippen LogP contribution in [0.15, 0.2) is 36.4 Å². The van der Waals surface area contributed by atoms with E-state index in [4.69, 9.17) is 29.4 Å². The third kappa shape index (κ3) is 4.49. The third-order valence-electron chi connectivity index (χ3n) is 8.70. The van der Waals surface area contributed by atoms with Crippen molar-refractivity contribution in [1.29, 1.82) is 0 Å². The molecule has 1 aliphatic carbocycles. The van der Waals surface area contributed by atoms with Crippen LogP contribution in [0.3, 0.4) is 0 Å². The first-order valence-electron chi connectivity index (χ1n) is 14.3. The van der Waals surface area contributed by atoms with Crippen molar-refractivity contribution < 1.29 is 14.3 Å². The van der Waals surface area contributed by atoms with Gasteiger partial charge in [-0.15, -0.1) is 0 Å². The quantitative estimate of drug-likeness (QED) is 0.365. The molecular formula is C30H35N7O3. The average molecular weight is 542 g/mol. The highest BCUT2D eigenvalue weighted by Gasteiger charge is 2.49. The first-order valence-corrected chi connectivity index (χ1v) is 14.3. The van der Waals surface area contributed by atoms with Crippen molar-refractivity contribution in [1.82, 2.24) is 29.4 Å². The molecule has 3 aromatic heterocycles. The number of carbonyl (C=O) groups is 1. The number of piperidine rings is 1. The molecule has 208 valence electrons. The summed E-state index contributed by atoms with van der Waals surface area (Å²) in [5.41, 5.74) is 4.15. The van der Waals surface area contributed by atoms with Crippen LogP contribution in [0.4, 0.5) is 5.82 Å². The Morgan fingerprint density at radius 3 is 2.48 bits per heavy atom. The Hall–Kier alpha value is -3.63. The van der Waals surface area contributed by atoms with Gasteiger partial charge in [-0.05, 0) is 62.3 Å². The average Bonchev–Trinajstić information content (AvgIpc) is 3.70. The molecule has 40 heavy (non-hydrogen) atoms. The van der Waals surface area contributed by atoms with Gasteiger partial charge in [-0.3, -0.25) is 9.36 Å². The van der Waals surface area contributed by atoms with Gasteiger partial charge in [0, 0.05) is 45.9 Å². The molecule has 0 unspecified atom stereocenters. The van der Waals surface area contributed by atoms with Crippen LogP contribution in [-0.4, -0.2) is 81.8 Å². The molecule has 0 bridgehead atoms. The number of methoxy groups -OCH3 is 1. The summed E-state index contributed by atoms with van der Waals surface area (Å²) >= 11 is 0. The van der Waals surface area contributed by atoms with Gasteiger partial charge in [-0.2, -0.15) is 4.98 Å². The van der Waals surface area contributed by atoms with E-state index in [9.17, 15) is 4.79 Å². The SMILES string of the molecule is COC1(c2nc3ccccc3n2-c2nc(N3CCOCC3)c3nc(CC4CCN(C(C)=O)CC4)ccc3n2)CC1. The van der Waals surface area contributed by atoms with Gasteiger partial charge >= 0.3 is 0 Å². The molecule has 2 aliphatic heterocycles. The van der Waals surface area contributed by atoms with E-state index >= 15 is 0 Å². The number of hydrogen-bond donors (Lipinski definition) is 0. The normalized spacial score (nSPS) is 19.4. The molecule has 0 spiro atoms. The second-order valence-electron chi connectivity index (χ2n) is 11.2. The molecule has 10 heteroatoms. The highest BCUT2D eigenvalue weighted by Crippen LogP contribution is 2.49. The predicted octanol–water partition coefficient (Wildman–Crippen LogP) is 3.64. The van der Waals surface area contributed by atoms with Crippen molar-refractivity contribution in [2.75, 3.05) is 51.4 Å². The van der Waals surface area contributed by atoms with E-state index in [0.717, 1.165) is 97.7 Å². The lowest BCUT2D eigenvalue weighted by Crippen LogP contribution is -2.37. The summed E-state index contributed by atoms with van der Waals surface area (Å²) in [5.74, 6) is 2.95. The number of amides is 1. The first kappa shape index (κ1) is 25.3. The zero-order valence-electron chi connectivity index (χ0n) is 23.2. The zero-order valence-corrected chi connectivity index (χ0v) is 23.2. The second kappa shape index (κ2) is 10.1. The van der Waals surface area contributed by atoms with Crippen LogP contribution in [0.25, 0.3) is 28.0 Å². The van der Waals surface area contributed by atoms with Gasteiger partial charge in [0.15, 0.2) is 5.82 Å². The topological polar surface area (TPSA) is 98.5 Å². The molecule has 3 fully saturated rings. The van der Waals surface area contributed by atoms with Crippen molar-refractivity contribution in [3.8, 4) is 5.95 Å². The summed E-state index contributed by atoms with van der Waals surface area (Å²) in [5, 5.41) is 0. The largest absolute Gasteiger partial charge is 0.378 e. The minimum Gasteiger partial charge on any atom is -0.378 e. The number of benzene rings is 1. The molecule has 3 aliphatic rings. The van der Waals surface area contributed by atoms with Gasteiger partial charge in [0.25, 0.3) is 0 Å².